The first-order valence-electron chi connectivity index (χ1n) is 6.91. The van der Waals surface area contributed by atoms with Crippen LogP contribution in [0.3, 0.4) is 0 Å². The van der Waals surface area contributed by atoms with Gasteiger partial charge in [0.15, 0.2) is 5.69 Å². The zero-order valence-electron chi connectivity index (χ0n) is 12.1. The van der Waals surface area contributed by atoms with Crippen molar-refractivity contribution in [2.24, 2.45) is 7.05 Å². The maximum atomic E-state index is 2.37. The van der Waals surface area contributed by atoms with Crippen molar-refractivity contribution >= 4 is 29.2 Å². The fraction of sp³-hybridized carbons (Fsp3) is 0.235. The Morgan fingerprint density at radius 2 is 2.05 bits per heavy atom. The highest BCUT2D eigenvalue weighted by Crippen LogP contribution is 2.31. The molecule has 102 valence electrons. The van der Waals surface area contributed by atoms with E-state index >= 15 is 0 Å². The average Bonchev–Trinajstić information content (AvgIpc) is 2.79. The molecule has 0 amide bonds. The summed E-state index contributed by atoms with van der Waals surface area (Å²) < 4.78 is 2.24. The van der Waals surface area contributed by atoms with E-state index in [-0.39, 0.29) is 0 Å². The Bertz CT molecular complexity index is 695. The second kappa shape index (κ2) is 5.25. The number of anilines is 1. The lowest BCUT2D eigenvalue weighted by molar-refractivity contribution is -0.674. The number of benzene rings is 1. The van der Waals surface area contributed by atoms with E-state index in [1.807, 2.05) is 0 Å². The molecule has 1 aromatic carbocycles. The number of nitrogens with zero attached hydrogens (tertiary/aromatic N) is 2. The van der Waals surface area contributed by atoms with Crippen molar-refractivity contribution in [3.8, 4) is 0 Å². The van der Waals surface area contributed by atoms with Crippen molar-refractivity contribution < 1.29 is 4.57 Å². The molecule has 0 spiro atoms. The molecule has 0 saturated heterocycles. The summed E-state index contributed by atoms with van der Waals surface area (Å²) in [6, 6.07) is 8.55. The van der Waals surface area contributed by atoms with Crippen LogP contribution in [0.1, 0.15) is 23.2 Å². The highest BCUT2D eigenvalue weighted by molar-refractivity contribution is 7.10. The van der Waals surface area contributed by atoms with Crippen molar-refractivity contribution in [2.75, 3.05) is 11.4 Å². The van der Waals surface area contributed by atoms with Gasteiger partial charge in [0.05, 0.1) is 5.38 Å². The number of allylic oxidation sites excluding steroid dienone is 1. The monoisotopic (exact) mass is 283 g/mol. The lowest BCUT2D eigenvalue weighted by Crippen LogP contribution is -2.32. The highest BCUT2D eigenvalue weighted by Gasteiger charge is 2.18. The lowest BCUT2D eigenvalue weighted by atomic mass is 10.1. The van der Waals surface area contributed by atoms with Gasteiger partial charge in [0, 0.05) is 30.9 Å². The number of para-hydroxylation sites is 1. The maximum absolute atomic E-state index is 2.37. The first-order chi connectivity index (χ1) is 9.70. The smallest absolute Gasteiger partial charge is 0.263 e. The third-order valence-electron chi connectivity index (χ3n) is 3.77. The zero-order valence-corrected chi connectivity index (χ0v) is 12.9. The van der Waals surface area contributed by atoms with E-state index in [4.69, 9.17) is 0 Å². The largest absolute Gasteiger partial charge is 0.341 e. The predicted molar refractivity (Wildman–Crippen MR) is 86.7 cm³/mol. The molecule has 1 aromatic heterocycles. The predicted octanol–water partition coefficient (Wildman–Crippen LogP) is 3.78. The molecule has 0 radical (unpaired) electrons. The van der Waals surface area contributed by atoms with E-state index in [0.29, 0.717) is 0 Å². The Labute approximate surface area is 124 Å². The van der Waals surface area contributed by atoms with E-state index in [9.17, 15) is 0 Å². The standard InChI is InChI=1S/C17H19N2S/c1-4-19-15(11-17-18(3)13(2)12-20-17)10-9-14-7-5-6-8-16(14)19/h5-12H,4H2,1-3H3/q+1. The van der Waals surface area contributed by atoms with Crippen LogP contribution in [0.15, 0.2) is 41.4 Å². The number of hydrogen-bond donors (Lipinski definition) is 0. The Morgan fingerprint density at radius 1 is 1.25 bits per heavy atom. The van der Waals surface area contributed by atoms with E-state index in [1.54, 1.807) is 11.3 Å². The van der Waals surface area contributed by atoms with Gasteiger partial charge in [0.25, 0.3) is 5.01 Å². The molecular weight excluding hydrogens is 264 g/mol. The molecule has 0 unspecified atom stereocenters. The van der Waals surface area contributed by atoms with Crippen LogP contribution < -0.4 is 9.47 Å². The number of aromatic nitrogens is 1. The zero-order chi connectivity index (χ0) is 14.1. The Balaban J connectivity index is 2.05. The van der Waals surface area contributed by atoms with Crippen LogP contribution in [0.5, 0.6) is 0 Å². The molecule has 1 aliphatic heterocycles. The number of thiazole rings is 1. The lowest BCUT2D eigenvalue weighted by Gasteiger charge is -2.28. The quantitative estimate of drug-likeness (QED) is 0.761. The van der Waals surface area contributed by atoms with Gasteiger partial charge in [-0.15, -0.1) is 0 Å². The second-order valence-corrected chi connectivity index (χ2v) is 5.87. The van der Waals surface area contributed by atoms with E-state index in [0.717, 1.165) is 6.54 Å². The summed E-state index contributed by atoms with van der Waals surface area (Å²) in [5.41, 5.74) is 5.13. The van der Waals surface area contributed by atoms with Gasteiger partial charge in [-0.3, -0.25) is 0 Å². The number of likely N-dealkylation sites (N-methyl/N-ethyl adjacent to an activating group) is 1. The summed E-state index contributed by atoms with van der Waals surface area (Å²) >= 11 is 1.79. The van der Waals surface area contributed by atoms with Crippen LogP contribution in [-0.4, -0.2) is 6.54 Å². The molecule has 1 aliphatic rings. The molecule has 2 heterocycles. The van der Waals surface area contributed by atoms with Crippen LogP contribution >= 0.6 is 11.3 Å². The molecule has 0 bridgehead atoms. The van der Waals surface area contributed by atoms with Crippen molar-refractivity contribution in [1.29, 1.82) is 0 Å². The van der Waals surface area contributed by atoms with Gasteiger partial charge in [-0.05, 0) is 24.6 Å². The summed E-state index contributed by atoms with van der Waals surface area (Å²) in [7, 11) is 2.12. The SMILES string of the molecule is CCN1/C(=C/c2scc(C)[n+]2C)C=Cc2ccccc21. The second-order valence-electron chi connectivity index (χ2n) is 4.98. The summed E-state index contributed by atoms with van der Waals surface area (Å²) in [4.78, 5) is 2.37. The van der Waals surface area contributed by atoms with Gasteiger partial charge in [0.2, 0.25) is 0 Å². The van der Waals surface area contributed by atoms with Crippen molar-refractivity contribution in [1.82, 2.24) is 0 Å². The Kier molecular flexibility index (Phi) is 3.45. The molecule has 2 nitrogen and oxygen atoms in total. The molecular formula is C17H19N2S+. The van der Waals surface area contributed by atoms with Crippen LogP contribution in [0.2, 0.25) is 0 Å². The van der Waals surface area contributed by atoms with Crippen LogP contribution in [-0.2, 0) is 7.05 Å². The molecule has 0 aliphatic carbocycles. The van der Waals surface area contributed by atoms with Gasteiger partial charge in [-0.1, -0.05) is 35.6 Å². The van der Waals surface area contributed by atoms with Crippen LogP contribution in [0.4, 0.5) is 5.69 Å². The fourth-order valence-corrected chi connectivity index (χ4v) is 3.43. The summed E-state index contributed by atoms with van der Waals surface area (Å²) in [6.07, 6.45) is 6.68. The number of aryl methyl sites for hydroxylation is 1. The minimum Gasteiger partial charge on any atom is -0.341 e. The Hall–Kier alpha value is -1.87. The molecule has 3 rings (SSSR count). The van der Waals surface area contributed by atoms with E-state index < -0.39 is 0 Å². The van der Waals surface area contributed by atoms with Gasteiger partial charge in [0.1, 0.15) is 7.05 Å². The first kappa shape index (κ1) is 13.1. The number of fused-ring (bicyclic) bond motifs is 1. The number of rotatable bonds is 2. The minimum absolute atomic E-state index is 0.973. The van der Waals surface area contributed by atoms with E-state index in [1.165, 1.54) is 27.6 Å². The van der Waals surface area contributed by atoms with Gasteiger partial charge in [-0.25, -0.2) is 0 Å². The van der Waals surface area contributed by atoms with Crippen LogP contribution in [0.25, 0.3) is 12.2 Å². The van der Waals surface area contributed by atoms with Gasteiger partial charge < -0.3 is 4.90 Å². The average molecular weight is 283 g/mol. The molecule has 3 heteroatoms. The first-order valence-corrected chi connectivity index (χ1v) is 7.79. The van der Waals surface area contributed by atoms with Crippen molar-refractivity contribution in [3.63, 3.8) is 0 Å². The van der Waals surface area contributed by atoms with Gasteiger partial charge in [-0.2, -0.15) is 4.57 Å². The summed E-state index contributed by atoms with van der Waals surface area (Å²) in [6.45, 7) is 5.31. The normalized spacial score (nSPS) is 15.8. The number of hydrogen-bond acceptors (Lipinski definition) is 2. The molecule has 2 aromatic rings. The highest BCUT2D eigenvalue weighted by atomic mass is 32.1. The van der Waals surface area contributed by atoms with E-state index in [2.05, 4.69) is 78.2 Å². The summed E-state index contributed by atoms with van der Waals surface area (Å²) in [5, 5.41) is 3.48. The molecule has 0 atom stereocenters. The molecule has 0 fully saturated rings. The topological polar surface area (TPSA) is 7.12 Å². The third kappa shape index (κ3) is 2.18. The summed E-state index contributed by atoms with van der Waals surface area (Å²) in [5.74, 6) is 0. The molecule has 20 heavy (non-hydrogen) atoms. The van der Waals surface area contributed by atoms with Gasteiger partial charge >= 0.3 is 0 Å². The Morgan fingerprint density at radius 3 is 2.75 bits per heavy atom. The van der Waals surface area contributed by atoms with Crippen molar-refractivity contribution in [3.05, 3.63) is 57.7 Å². The molecule has 0 saturated carbocycles. The van der Waals surface area contributed by atoms with Crippen LogP contribution in [0, 0.1) is 6.92 Å². The maximum Gasteiger partial charge on any atom is 0.263 e. The van der Waals surface area contributed by atoms with Crippen molar-refractivity contribution in [2.45, 2.75) is 13.8 Å². The third-order valence-corrected chi connectivity index (χ3v) is 4.86. The molecule has 0 N–H and O–H groups in total. The fourth-order valence-electron chi connectivity index (χ4n) is 2.49. The minimum atomic E-state index is 0.973.